The summed E-state index contributed by atoms with van der Waals surface area (Å²) in [6.45, 7) is 1.34. The second-order valence-electron chi connectivity index (χ2n) is 5.38. The largest absolute Gasteiger partial charge is 0.326 e. The van der Waals surface area contributed by atoms with Crippen molar-refractivity contribution in [1.29, 1.82) is 0 Å². The molecule has 1 aromatic carbocycles. The fourth-order valence-corrected chi connectivity index (χ4v) is 3.15. The van der Waals surface area contributed by atoms with E-state index in [1.807, 2.05) is 0 Å². The molecule has 0 aliphatic carbocycles. The lowest BCUT2D eigenvalue weighted by Gasteiger charge is -2.07. The highest BCUT2D eigenvalue weighted by atomic mass is 32.2. The molecule has 0 aliphatic rings. The van der Waals surface area contributed by atoms with E-state index in [1.165, 1.54) is 31.2 Å². The predicted octanol–water partition coefficient (Wildman–Crippen LogP) is 1.30. The molecular weight excluding hydrogens is 356 g/mol. The van der Waals surface area contributed by atoms with Crippen molar-refractivity contribution in [3.05, 3.63) is 54.6 Å². The molecule has 0 radical (unpaired) electrons. The molecule has 0 atom stereocenters. The summed E-state index contributed by atoms with van der Waals surface area (Å²) >= 11 is 0. The van der Waals surface area contributed by atoms with Crippen LogP contribution in [0, 0.1) is 0 Å². The normalized spacial score (nSPS) is 11.3. The van der Waals surface area contributed by atoms with Crippen LogP contribution in [0.1, 0.15) is 12.7 Å². The first-order valence-corrected chi connectivity index (χ1v) is 9.11. The van der Waals surface area contributed by atoms with E-state index in [0.717, 1.165) is 5.56 Å². The van der Waals surface area contributed by atoms with Gasteiger partial charge in [-0.3, -0.25) is 14.9 Å². The summed E-state index contributed by atoms with van der Waals surface area (Å²) in [5.41, 5.74) is 1.25. The second kappa shape index (κ2) is 7.42. The Morgan fingerprint density at radius 1 is 1.19 bits per heavy atom. The number of carbonyl (C=O) groups is 1. The molecule has 3 aromatic rings. The Balaban J connectivity index is 1.67. The quantitative estimate of drug-likeness (QED) is 0.598. The van der Waals surface area contributed by atoms with Crippen LogP contribution in [0.4, 0.5) is 5.69 Å². The van der Waals surface area contributed by atoms with Crippen LogP contribution in [0.15, 0.2) is 53.7 Å². The monoisotopic (exact) mass is 372 g/mol. The molecule has 0 fully saturated rings. The number of nitrogens with one attached hydrogen (secondary N) is 3. The number of anilines is 1. The summed E-state index contributed by atoms with van der Waals surface area (Å²) < 4.78 is 27.1. The van der Waals surface area contributed by atoms with Gasteiger partial charge in [0.15, 0.2) is 5.82 Å². The number of aromatic amines is 1. The molecule has 1 amide bonds. The van der Waals surface area contributed by atoms with Crippen molar-refractivity contribution >= 4 is 21.6 Å². The summed E-state index contributed by atoms with van der Waals surface area (Å²) in [5.74, 6) is 0.586. The zero-order valence-electron chi connectivity index (χ0n) is 13.8. The summed E-state index contributed by atoms with van der Waals surface area (Å²) in [4.78, 5) is 19.3. The first-order valence-electron chi connectivity index (χ1n) is 7.63. The maximum Gasteiger partial charge on any atom is 0.240 e. The van der Waals surface area contributed by atoms with Gasteiger partial charge in [0.05, 0.1) is 11.4 Å². The van der Waals surface area contributed by atoms with Gasteiger partial charge in [0.1, 0.15) is 5.82 Å². The van der Waals surface area contributed by atoms with Crippen LogP contribution in [-0.2, 0) is 21.4 Å². The topological polar surface area (TPSA) is 130 Å². The van der Waals surface area contributed by atoms with E-state index in [4.69, 9.17) is 0 Å². The van der Waals surface area contributed by atoms with Crippen LogP contribution in [0.2, 0.25) is 0 Å². The zero-order chi connectivity index (χ0) is 18.6. The minimum Gasteiger partial charge on any atom is -0.326 e. The Morgan fingerprint density at radius 3 is 2.62 bits per heavy atom. The summed E-state index contributed by atoms with van der Waals surface area (Å²) in [6.07, 6.45) is 3.26. The fraction of sp³-hybridized carbons (Fsp3) is 0.125. The van der Waals surface area contributed by atoms with Crippen LogP contribution < -0.4 is 10.0 Å². The molecule has 3 N–H and O–H groups in total. The van der Waals surface area contributed by atoms with Crippen molar-refractivity contribution in [3.8, 4) is 11.4 Å². The van der Waals surface area contributed by atoms with Crippen LogP contribution in [0.3, 0.4) is 0 Å². The molecule has 3 rings (SSSR count). The molecule has 2 heterocycles. The Labute approximate surface area is 149 Å². The van der Waals surface area contributed by atoms with Crippen molar-refractivity contribution in [3.63, 3.8) is 0 Å². The van der Waals surface area contributed by atoms with Crippen LogP contribution >= 0.6 is 0 Å². The number of pyridine rings is 1. The number of rotatable bonds is 6. The minimum absolute atomic E-state index is 0.0386. The SMILES string of the molecule is CC(=O)Nc1ccc(S(=O)(=O)NCc2nc(-c3cccnc3)n[nH]2)cc1. The molecule has 10 heteroatoms. The second-order valence-corrected chi connectivity index (χ2v) is 7.14. The number of carbonyl (C=O) groups excluding carboxylic acids is 1. The number of benzene rings is 1. The van der Waals surface area contributed by atoms with Gasteiger partial charge in [-0.05, 0) is 36.4 Å². The number of hydrogen-bond donors (Lipinski definition) is 3. The van der Waals surface area contributed by atoms with Crippen molar-refractivity contribution < 1.29 is 13.2 Å². The fourth-order valence-electron chi connectivity index (χ4n) is 2.17. The Bertz CT molecular complexity index is 1000. The lowest BCUT2D eigenvalue weighted by atomic mass is 10.3. The first-order chi connectivity index (χ1) is 12.4. The van der Waals surface area contributed by atoms with E-state index < -0.39 is 10.0 Å². The smallest absolute Gasteiger partial charge is 0.240 e. The summed E-state index contributed by atoms with van der Waals surface area (Å²) in [5, 5.41) is 9.32. The van der Waals surface area contributed by atoms with E-state index in [2.05, 4.69) is 30.2 Å². The number of H-pyrrole nitrogens is 1. The minimum atomic E-state index is -3.72. The van der Waals surface area contributed by atoms with Gasteiger partial charge in [0.2, 0.25) is 15.9 Å². The van der Waals surface area contributed by atoms with Gasteiger partial charge >= 0.3 is 0 Å². The van der Waals surface area contributed by atoms with Gasteiger partial charge < -0.3 is 5.32 Å². The average Bonchev–Trinajstić information content (AvgIpc) is 3.10. The molecule has 134 valence electrons. The van der Waals surface area contributed by atoms with E-state index in [0.29, 0.717) is 17.3 Å². The van der Waals surface area contributed by atoms with Crippen molar-refractivity contribution in [2.24, 2.45) is 0 Å². The molecular formula is C16H16N6O3S. The first kappa shape index (κ1) is 17.7. The molecule has 0 saturated heterocycles. The molecule has 0 unspecified atom stereocenters. The molecule has 9 nitrogen and oxygen atoms in total. The van der Waals surface area contributed by atoms with Gasteiger partial charge in [0.25, 0.3) is 0 Å². The van der Waals surface area contributed by atoms with E-state index in [-0.39, 0.29) is 17.3 Å². The van der Waals surface area contributed by atoms with Crippen LogP contribution in [0.25, 0.3) is 11.4 Å². The highest BCUT2D eigenvalue weighted by molar-refractivity contribution is 7.89. The van der Waals surface area contributed by atoms with E-state index >= 15 is 0 Å². The number of amides is 1. The Hall–Kier alpha value is -3.11. The Morgan fingerprint density at radius 2 is 1.96 bits per heavy atom. The Kier molecular flexibility index (Phi) is 5.05. The lowest BCUT2D eigenvalue weighted by molar-refractivity contribution is -0.114. The van der Waals surface area contributed by atoms with Gasteiger partial charge in [0, 0.05) is 30.6 Å². The van der Waals surface area contributed by atoms with Crippen LogP contribution in [-0.4, -0.2) is 34.5 Å². The zero-order valence-corrected chi connectivity index (χ0v) is 14.6. The summed E-state index contributed by atoms with van der Waals surface area (Å²) in [7, 11) is -3.72. The molecule has 0 spiro atoms. The van der Waals surface area contributed by atoms with Gasteiger partial charge in [-0.2, -0.15) is 5.10 Å². The van der Waals surface area contributed by atoms with Gasteiger partial charge in [-0.1, -0.05) is 0 Å². The maximum atomic E-state index is 12.3. The van der Waals surface area contributed by atoms with Crippen LogP contribution in [0.5, 0.6) is 0 Å². The molecule has 0 aliphatic heterocycles. The third-order valence-corrected chi connectivity index (χ3v) is 4.78. The molecule has 0 bridgehead atoms. The van der Waals surface area contributed by atoms with Gasteiger partial charge in [-0.15, -0.1) is 0 Å². The third kappa shape index (κ3) is 4.29. The average molecular weight is 372 g/mol. The predicted molar refractivity (Wildman–Crippen MR) is 94.4 cm³/mol. The lowest BCUT2D eigenvalue weighted by Crippen LogP contribution is -2.23. The number of sulfonamides is 1. The van der Waals surface area contributed by atoms with E-state index in [1.54, 1.807) is 24.5 Å². The molecule has 26 heavy (non-hydrogen) atoms. The maximum absolute atomic E-state index is 12.3. The number of nitrogens with zero attached hydrogens (tertiary/aromatic N) is 3. The number of aromatic nitrogens is 4. The third-order valence-electron chi connectivity index (χ3n) is 3.37. The highest BCUT2D eigenvalue weighted by Gasteiger charge is 2.15. The molecule has 2 aromatic heterocycles. The highest BCUT2D eigenvalue weighted by Crippen LogP contribution is 2.15. The van der Waals surface area contributed by atoms with Crippen molar-refractivity contribution in [2.45, 2.75) is 18.4 Å². The summed E-state index contributed by atoms with van der Waals surface area (Å²) in [6, 6.07) is 9.43. The van der Waals surface area contributed by atoms with Crippen molar-refractivity contribution in [1.82, 2.24) is 24.9 Å². The number of hydrogen-bond acceptors (Lipinski definition) is 6. The molecule has 0 saturated carbocycles. The van der Waals surface area contributed by atoms with Crippen molar-refractivity contribution in [2.75, 3.05) is 5.32 Å². The van der Waals surface area contributed by atoms with Gasteiger partial charge in [-0.25, -0.2) is 18.1 Å². The van der Waals surface area contributed by atoms with E-state index in [9.17, 15) is 13.2 Å². The standard InChI is InChI=1S/C16H16N6O3S/c1-11(23)19-13-4-6-14(7-5-13)26(24,25)18-10-15-20-16(22-21-15)12-3-2-8-17-9-12/h2-9,18H,10H2,1H3,(H,19,23)(H,20,21,22).